The van der Waals surface area contributed by atoms with Crippen LogP contribution in [0.2, 0.25) is 5.02 Å². The summed E-state index contributed by atoms with van der Waals surface area (Å²) in [6, 6.07) is 5.13. The van der Waals surface area contributed by atoms with Crippen LogP contribution in [0.3, 0.4) is 0 Å². The lowest BCUT2D eigenvalue weighted by Gasteiger charge is -2.11. The summed E-state index contributed by atoms with van der Waals surface area (Å²) in [5.74, 6) is -0.934. The Hall–Kier alpha value is -3.13. The molecule has 2 N–H and O–H groups in total. The maximum Gasteiger partial charge on any atom is 0.340 e. The summed E-state index contributed by atoms with van der Waals surface area (Å²) >= 11 is 6.03. The molecule has 9 heteroatoms. The van der Waals surface area contributed by atoms with Crippen LogP contribution in [0.15, 0.2) is 41.3 Å². The maximum atomic E-state index is 12.5. The Bertz CT molecular complexity index is 1100. The van der Waals surface area contributed by atoms with Crippen molar-refractivity contribution in [3.05, 3.63) is 51.9 Å². The topological polar surface area (TPSA) is 105 Å². The first-order valence-electron chi connectivity index (χ1n) is 7.73. The predicted molar refractivity (Wildman–Crippen MR) is 98.6 cm³/mol. The third kappa shape index (κ3) is 3.06. The van der Waals surface area contributed by atoms with Crippen LogP contribution in [0, 0.1) is 0 Å². The van der Waals surface area contributed by atoms with Gasteiger partial charge in [-0.2, -0.15) is 9.78 Å². The van der Waals surface area contributed by atoms with Crippen molar-refractivity contribution in [1.29, 1.82) is 0 Å². The van der Waals surface area contributed by atoms with E-state index in [0.29, 0.717) is 12.1 Å². The van der Waals surface area contributed by atoms with Crippen LogP contribution in [0.4, 0.5) is 5.69 Å². The number of rotatable bonds is 4. The fourth-order valence-electron chi connectivity index (χ4n) is 2.32. The lowest BCUT2D eigenvalue weighted by atomic mass is 10.2. The minimum Gasteiger partial charge on any atom is -0.400 e. The Morgan fingerprint density at radius 1 is 1.38 bits per heavy atom. The quantitative estimate of drug-likeness (QED) is 0.555. The second-order valence-corrected chi connectivity index (χ2v) is 6.02. The first-order valence-corrected chi connectivity index (χ1v) is 8.11. The number of nitrogens with zero attached hydrogens (tertiary/aromatic N) is 4. The van der Waals surface area contributed by atoms with Gasteiger partial charge in [-0.1, -0.05) is 25.1 Å². The SMILES string of the molecule is C=C(CC)C(=O)Oc1nn(-c2ccc3nn(C)cc3c2)c(=O)c(Cl)c1N. The summed E-state index contributed by atoms with van der Waals surface area (Å²) in [7, 11) is 1.79. The van der Waals surface area contributed by atoms with Crippen molar-refractivity contribution < 1.29 is 9.53 Å². The number of aromatic nitrogens is 4. The van der Waals surface area contributed by atoms with Gasteiger partial charge in [-0.3, -0.25) is 9.48 Å². The van der Waals surface area contributed by atoms with Crippen LogP contribution >= 0.6 is 11.6 Å². The van der Waals surface area contributed by atoms with Gasteiger partial charge in [-0.25, -0.2) is 4.79 Å². The molecule has 2 heterocycles. The average Bonchev–Trinajstić information content (AvgIpc) is 3.00. The van der Waals surface area contributed by atoms with Gasteiger partial charge in [-0.15, -0.1) is 5.10 Å². The van der Waals surface area contributed by atoms with Crippen LogP contribution in [0.5, 0.6) is 5.88 Å². The molecule has 0 amide bonds. The van der Waals surface area contributed by atoms with E-state index >= 15 is 0 Å². The second kappa shape index (κ2) is 6.64. The molecule has 134 valence electrons. The van der Waals surface area contributed by atoms with E-state index < -0.39 is 11.5 Å². The number of ether oxygens (including phenoxy) is 1. The molecule has 0 aliphatic heterocycles. The smallest absolute Gasteiger partial charge is 0.340 e. The fraction of sp³-hybridized carbons (Fsp3) is 0.176. The monoisotopic (exact) mass is 373 g/mol. The van der Waals surface area contributed by atoms with E-state index in [4.69, 9.17) is 22.1 Å². The van der Waals surface area contributed by atoms with E-state index in [0.717, 1.165) is 15.6 Å². The Balaban J connectivity index is 2.12. The van der Waals surface area contributed by atoms with Gasteiger partial charge >= 0.3 is 5.97 Å². The number of hydrogen-bond donors (Lipinski definition) is 1. The molecule has 8 nitrogen and oxygen atoms in total. The van der Waals surface area contributed by atoms with E-state index in [1.807, 2.05) is 0 Å². The van der Waals surface area contributed by atoms with Crippen molar-refractivity contribution in [3.8, 4) is 11.6 Å². The molecule has 2 aromatic heterocycles. The van der Waals surface area contributed by atoms with Gasteiger partial charge in [0.25, 0.3) is 11.4 Å². The molecule has 0 radical (unpaired) electrons. The van der Waals surface area contributed by atoms with Gasteiger partial charge in [0.1, 0.15) is 10.7 Å². The molecule has 3 rings (SSSR count). The average molecular weight is 374 g/mol. The maximum absolute atomic E-state index is 12.5. The highest BCUT2D eigenvalue weighted by molar-refractivity contribution is 6.33. The van der Waals surface area contributed by atoms with Crippen molar-refractivity contribution in [2.75, 3.05) is 5.73 Å². The molecule has 0 saturated heterocycles. The van der Waals surface area contributed by atoms with Gasteiger partial charge in [0.2, 0.25) is 0 Å². The molecule has 26 heavy (non-hydrogen) atoms. The molecule has 0 bridgehead atoms. The summed E-state index contributed by atoms with van der Waals surface area (Å²) in [6.07, 6.45) is 2.21. The number of fused-ring (bicyclic) bond motifs is 1. The number of esters is 1. The Morgan fingerprint density at radius 3 is 2.81 bits per heavy atom. The number of hydrogen-bond acceptors (Lipinski definition) is 6. The molecular formula is C17H16ClN5O3. The summed E-state index contributed by atoms with van der Waals surface area (Å²) in [4.78, 5) is 24.4. The number of nitrogen functional groups attached to an aromatic ring is 1. The Labute approximate surface area is 153 Å². The minimum atomic E-state index is -0.685. The predicted octanol–water partition coefficient (Wildman–Crippen LogP) is 2.23. The van der Waals surface area contributed by atoms with Crippen LogP contribution in [0.1, 0.15) is 13.3 Å². The van der Waals surface area contributed by atoms with Crippen LogP contribution in [-0.2, 0) is 11.8 Å². The first-order chi connectivity index (χ1) is 12.3. The zero-order chi connectivity index (χ0) is 19.0. The van der Waals surface area contributed by atoms with Crippen molar-refractivity contribution in [1.82, 2.24) is 19.6 Å². The van der Waals surface area contributed by atoms with Crippen molar-refractivity contribution in [3.63, 3.8) is 0 Å². The standard InChI is InChI=1S/C17H16ClN5O3/c1-4-9(2)17(25)26-15-14(19)13(18)16(24)23(21-15)11-5-6-12-10(7-11)8-22(3)20-12/h5-8H,2,4,19H2,1,3H3. The molecule has 0 spiro atoms. The number of aryl methyl sites for hydroxylation is 1. The largest absolute Gasteiger partial charge is 0.400 e. The molecule has 0 saturated carbocycles. The van der Waals surface area contributed by atoms with E-state index in [1.165, 1.54) is 0 Å². The lowest BCUT2D eigenvalue weighted by Crippen LogP contribution is -2.25. The Kier molecular flexibility index (Phi) is 4.52. The lowest BCUT2D eigenvalue weighted by molar-refractivity contribution is -0.130. The third-order valence-corrected chi connectivity index (χ3v) is 4.16. The van der Waals surface area contributed by atoms with Crippen LogP contribution in [0.25, 0.3) is 16.6 Å². The van der Waals surface area contributed by atoms with Gasteiger partial charge in [-0.05, 0) is 24.6 Å². The second-order valence-electron chi connectivity index (χ2n) is 5.64. The number of carbonyl (C=O) groups excluding carboxylic acids is 1. The molecule has 0 unspecified atom stereocenters. The van der Waals surface area contributed by atoms with Crippen molar-refractivity contribution in [2.24, 2.45) is 7.05 Å². The third-order valence-electron chi connectivity index (χ3n) is 3.79. The van der Waals surface area contributed by atoms with Gasteiger partial charge in [0.05, 0.1) is 11.2 Å². The zero-order valence-electron chi connectivity index (χ0n) is 14.2. The minimum absolute atomic E-state index is 0.201. The highest BCUT2D eigenvalue weighted by Crippen LogP contribution is 2.26. The van der Waals surface area contributed by atoms with Gasteiger partial charge in [0, 0.05) is 24.2 Å². The van der Waals surface area contributed by atoms with E-state index in [1.54, 1.807) is 43.0 Å². The van der Waals surface area contributed by atoms with E-state index in [-0.39, 0.29) is 22.2 Å². The molecule has 0 aliphatic rings. The molecule has 0 fully saturated rings. The summed E-state index contributed by atoms with van der Waals surface area (Å²) < 4.78 is 7.84. The number of nitrogens with two attached hydrogens (primary N) is 1. The highest BCUT2D eigenvalue weighted by atomic mass is 35.5. The number of benzene rings is 1. The highest BCUT2D eigenvalue weighted by Gasteiger charge is 2.19. The fourth-order valence-corrected chi connectivity index (χ4v) is 2.48. The van der Waals surface area contributed by atoms with Gasteiger partial charge in [0.15, 0.2) is 0 Å². The summed E-state index contributed by atoms with van der Waals surface area (Å²) in [5.41, 5.74) is 6.40. The zero-order valence-corrected chi connectivity index (χ0v) is 14.9. The number of carbonyl (C=O) groups is 1. The molecule has 0 atom stereocenters. The van der Waals surface area contributed by atoms with E-state index in [9.17, 15) is 9.59 Å². The summed E-state index contributed by atoms with van der Waals surface area (Å²) in [6.45, 7) is 5.36. The molecule has 3 aromatic rings. The normalized spacial score (nSPS) is 10.9. The molecule has 0 aliphatic carbocycles. The number of anilines is 1. The van der Waals surface area contributed by atoms with E-state index in [2.05, 4.69) is 16.8 Å². The Morgan fingerprint density at radius 2 is 2.12 bits per heavy atom. The van der Waals surface area contributed by atoms with Crippen molar-refractivity contribution in [2.45, 2.75) is 13.3 Å². The number of halogens is 1. The molecular weight excluding hydrogens is 358 g/mol. The first kappa shape index (κ1) is 17.7. The van der Waals surface area contributed by atoms with Crippen molar-refractivity contribution >= 4 is 34.2 Å². The molecule has 1 aromatic carbocycles. The summed E-state index contributed by atoms with van der Waals surface area (Å²) in [5, 5.41) is 8.86. The van der Waals surface area contributed by atoms with Crippen LogP contribution in [-0.4, -0.2) is 25.5 Å². The van der Waals surface area contributed by atoms with Gasteiger partial charge < -0.3 is 10.5 Å². The van der Waals surface area contributed by atoms with Crippen LogP contribution < -0.4 is 16.0 Å².